The first-order valence-corrected chi connectivity index (χ1v) is 5.06. The van der Waals surface area contributed by atoms with E-state index in [9.17, 15) is 13.2 Å². The highest BCUT2D eigenvalue weighted by Crippen LogP contribution is 2.36. The van der Waals surface area contributed by atoms with Gasteiger partial charge >= 0.3 is 6.18 Å². The molecule has 0 fully saturated rings. The summed E-state index contributed by atoms with van der Waals surface area (Å²) in [6, 6.07) is 1.48. The van der Waals surface area contributed by atoms with Crippen LogP contribution in [0.25, 0.3) is 11.0 Å². The Balaban J connectivity index is 2.57. The van der Waals surface area contributed by atoms with Crippen LogP contribution in [0.3, 0.4) is 0 Å². The van der Waals surface area contributed by atoms with Gasteiger partial charge in [0.25, 0.3) is 0 Å². The molecule has 0 saturated carbocycles. The van der Waals surface area contributed by atoms with E-state index in [2.05, 4.69) is 25.9 Å². The van der Waals surface area contributed by atoms with Crippen LogP contribution < -0.4 is 0 Å². The van der Waals surface area contributed by atoms with Crippen molar-refractivity contribution in [1.29, 1.82) is 0 Å². The minimum Gasteiger partial charge on any atom is -0.379 e. The van der Waals surface area contributed by atoms with Crippen molar-refractivity contribution in [2.45, 2.75) is 12.3 Å². The number of aliphatic hydroxyl groups excluding tert-OH is 1. The van der Waals surface area contributed by atoms with E-state index in [1.165, 1.54) is 12.3 Å². The Labute approximate surface area is 96.4 Å². The summed E-state index contributed by atoms with van der Waals surface area (Å²) in [4.78, 5) is 6.46. The molecule has 1 atom stereocenters. The van der Waals surface area contributed by atoms with E-state index in [1.54, 1.807) is 0 Å². The maximum Gasteiger partial charge on any atom is 0.418 e. The van der Waals surface area contributed by atoms with Crippen LogP contribution in [0.2, 0.25) is 0 Å². The molecule has 86 valence electrons. The Hall–Kier alpha value is -1.08. The van der Waals surface area contributed by atoms with Gasteiger partial charge in [0.2, 0.25) is 0 Å². The van der Waals surface area contributed by atoms with E-state index in [0.29, 0.717) is 10.1 Å². The first-order chi connectivity index (χ1) is 7.39. The number of alkyl halides is 3. The molecule has 3 nitrogen and oxygen atoms in total. The molecule has 1 unspecified atom stereocenters. The smallest absolute Gasteiger partial charge is 0.379 e. The lowest BCUT2D eigenvalue weighted by atomic mass is 10.1. The molecule has 0 saturated heterocycles. The van der Waals surface area contributed by atoms with Crippen LogP contribution >= 0.6 is 15.9 Å². The third kappa shape index (κ3) is 1.92. The van der Waals surface area contributed by atoms with E-state index >= 15 is 0 Å². The number of nitrogens with one attached hydrogen (secondary N) is 1. The summed E-state index contributed by atoms with van der Waals surface area (Å²) >= 11 is 3.11. The molecular formula is C9H6BrF3N2O. The van der Waals surface area contributed by atoms with Crippen LogP contribution in [-0.2, 0) is 0 Å². The second-order valence-electron chi connectivity index (χ2n) is 3.24. The molecule has 7 heteroatoms. The van der Waals surface area contributed by atoms with E-state index in [1.807, 2.05) is 0 Å². The van der Waals surface area contributed by atoms with Gasteiger partial charge in [-0.3, -0.25) is 0 Å². The second-order valence-corrected chi connectivity index (χ2v) is 4.15. The average Bonchev–Trinajstić information content (AvgIpc) is 2.57. The molecule has 2 aromatic heterocycles. The Morgan fingerprint density at radius 3 is 2.75 bits per heavy atom. The SMILES string of the molecule is OC(c1c[nH]c2ncc(Br)cc12)C(F)(F)F. The van der Waals surface area contributed by atoms with Gasteiger partial charge in [-0.25, -0.2) is 4.98 Å². The zero-order chi connectivity index (χ0) is 11.9. The number of aromatic amines is 1. The molecule has 16 heavy (non-hydrogen) atoms. The number of rotatable bonds is 1. The summed E-state index contributed by atoms with van der Waals surface area (Å²) in [6.45, 7) is 0. The number of pyridine rings is 1. The molecule has 0 amide bonds. The van der Waals surface area contributed by atoms with Gasteiger partial charge < -0.3 is 10.1 Å². The number of aromatic nitrogens is 2. The van der Waals surface area contributed by atoms with E-state index in [0.717, 1.165) is 6.20 Å². The predicted molar refractivity (Wildman–Crippen MR) is 54.8 cm³/mol. The van der Waals surface area contributed by atoms with Gasteiger partial charge in [-0.15, -0.1) is 0 Å². The number of hydrogen-bond acceptors (Lipinski definition) is 2. The van der Waals surface area contributed by atoms with E-state index < -0.39 is 12.3 Å². The topological polar surface area (TPSA) is 48.9 Å². The molecule has 0 aliphatic rings. The molecule has 2 aromatic rings. The highest BCUT2D eigenvalue weighted by Gasteiger charge is 2.40. The van der Waals surface area contributed by atoms with Gasteiger partial charge in [0.05, 0.1) is 0 Å². The number of nitrogens with zero attached hydrogens (tertiary/aromatic N) is 1. The molecule has 0 spiro atoms. The van der Waals surface area contributed by atoms with Crippen LogP contribution in [0.4, 0.5) is 13.2 Å². The first-order valence-electron chi connectivity index (χ1n) is 4.27. The summed E-state index contributed by atoms with van der Waals surface area (Å²) in [5, 5.41) is 9.40. The van der Waals surface area contributed by atoms with E-state index in [4.69, 9.17) is 5.11 Å². The normalized spacial score (nSPS) is 14.3. The summed E-state index contributed by atoms with van der Waals surface area (Å²) in [5.41, 5.74) is 0.0813. The lowest BCUT2D eigenvalue weighted by molar-refractivity contribution is -0.206. The minimum atomic E-state index is -4.68. The fraction of sp³-hybridized carbons (Fsp3) is 0.222. The number of H-pyrrole nitrogens is 1. The van der Waals surface area contributed by atoms with Crippen molar-refractivity contribution in [1.82, 2.24) is 9.97 Å². The van der Waals surface area contributed by atoms with Crippen molar-refractivity contribution in [2.24, 2.45) is 0 Å². The first kappa shape index (κ1) is 11.4. The average molecular weight is 295 g/mol. The number of halogens is 4. The van der Waals surface area contributed by atoms with Crippen LogP contribution in [0, 0.1) is 0 Å². The molecule has 2 heterocycles. The molecular weight excluding hydrogens is 289 g/mol. The lowest BCUT2D eigenvalue weighted by Crippen LogP contribution is -2.19. The standard InChI is InChI=1S/C9H6BrF3N2O/c10-4-1-5-6(7(16)9(11,12)13)3-15-8(5)14-2-4/h1-3,7,16H,(H,14,15). The monoisotopic (exact) mass is 294 g/mol. The second kappa shape index (κ2) is 3.74. The number of aliphatic hydroxyl groups is 1. The number of hydrogen-bond donors (Lipinski definition) is 2. The summed E-state index contributed by atoms with van der Waals surface area (Å²) < 4.78 is 37.6. The Kier molecular flexibility index (Phi) is 2.67. The molecule has 0 aromatic carbocycles. The van der Waals surface area contributed by atoms with Gasteiger partial charge in [-0.2, -0.15) is 13.2 Å². The largest absolute Gasteiger partial charge is 0.418 e. The lowest BCUT2D eigenvalue weighted by Gasteiger charge is -2.13. The zero-order valence-corrected chi connectivity index (χ0v) is 9.30. The quantitative estimate of drug-likeness (QED) is 0.850. The highest BCUT2D eigenvalue weighted by atomic mass is 79.9. The Bertz CT molecular complexity index is 523. The maximum atomic E-state index is 12.3. The van der Waals surface area contributed by atoms with E-state index in [-0.39, 0.29) is 10.9 Å². The van der Waals surface area contributed by atoms with Crippen LogP contribution in [-0.4, -0.2) is 21.3 Å². The zero-order valence-electron chi connectivity index (χ0n) is 7.72. The van der Waals surface area contributed by atoms with Crippen LogP contribution in [0.5, 0.6) is 0 Å². The van der Waals surface area contributed by atoms with Gasteiger partial charge in [0.15, 0.2) is 6.10 Å². The van der Waals surface area contributed by atoms with Crippen molar-refractivity contribution < 1.29 is 18.3 Å². The maximum absolute atomic E-state index is 12.3. The van der Waals surface area contributed by atoms with Crippen molar-refractivity contribution >= 4 is 27.0 Å². The molecule has 0 aliphatic carbocycles. The van der Waals surface area contributed by atoms with Crippen LogP contribution in [0.1, 0.15) is 11.7 Å². The fourth-order valence-corrected chi connectivity index (χ4v) is 1.73. The van der Waals surface area contributed by atoms with Crippen molar-refractivity contribution in [2.75, 3.05) is 0 Å². The Morgan fingerprint density at radius 2 is 2.12 bits per heavy atom. The molecule has 0 radical (unpaired) electrons. The van der Waals surface area contributed by atoms with Gasteiger partial charge in [-0.1, -0.05) is 0 Å². The van der Waals surface area contributed by atoms with Gasteiger partial charge in [0.1, 0.15) is 5.65 Å². The molecule has 2 N–H and O–H groups in total. The van der Waals surface area contributed by atoms with Crippen molar-refractivity contribution in [3.63, 3.8) is 0 Å². The van der Waals surface area contributed by atoms with Crippen molar-refractivity contribution in [3.8, 4) is 0 Å². The van der Waals surface area contributed by atoms with Gasteiger partial charge in [-0.05, 0) is 22.0 Å². The molecule has 0 bridgehead atoms. The summed E-state index contributed by atoms with van der Waals surface area (Å²) in [6.07, 6.45) is -4.61. The Morgan fingerprint density at radius 1 is 1.44 bits per heavy atom. The molecule has 2 rings (SSSR count). The van der Waals surface area contributed by atoms with Crippen molar-refractivity contribution in [3.05, 3.63) is 28.5 Å². The van der Waals surface area contributed by atoms with Gasteiger partial charge in [0, 0.05) is 27.8 Å². The fourth-order valence-electron chi connectivity index (χ4n) is 1.40. The minimum absolute atomic E-state index is 0.226. The summed E-state index contributed by atoms with van der Waals surface area (Å²) in [7, 11) is 0. The highest BCUT2D eigenvalue weighted by molar-refractivity contribution is 9.10. The predicted octanol–water partition coefficient (Wildman–Crippen LogP) is 2.92. The third-order valence-corrected chi connectivity index (χ3v) is 2.57. The van der Waals surface area contributed by atoms with Crippen LogP contribution in [0.15, 0.2) is 22.9 Å². The third-order valence-electron chi connectivity index (χ3n) is 2.13. The number of fused-ring (bicyclic) bond motifs is 1. The molecule has 0 aliphatic heterocycles. The summed E-state index contributed by atoms with van der Waals surface area (Å²) in [5.74, 6) is 0.